The van der Waals surface area contributed by atoms with Crippen LogP contribution in [0.15, 0.2) is 30.3 Å². The minimum atomic E-state index is -0.0434. The Bertz CT molecular complexity index is 528. The lowest BCUT2D eigenvalue weighted by Gasteiger charge is -2.26. The molecule has 1 fully saturated rings. The molecular weight excluding hydrogens is 238 g/mol. The Morgan fingerprint density at radius 2 is 2.16 bits per heavy atom. The van der Waals surface area contributed by atoms with Gasteiger partial charge in [0.25, 0.3) is 0 Å². The molecule has 0 bridgehead atoms. The molecule has 100 valence electrons. The fraction of sp³-hybridized carbons (Fsp3) is 0.500. The lowest BCUT2D eigenvalue weighted by molar-refractivity contribution is 0.334. The van der Waals surface area contributed by atoms with Gasteiger partial charge >= 0.3 is 0 Å². The van der Waals surface area contributed by atoms with Gasteiger partial charge < -0.3 is 5.32 Å². The van der Waals surface area contributed by atoms with Crippen LogP contribution in [0.4, 0.5) is 0 Å². The zero-order valence-electron chi connectivity index (χ0n) is 11.2. The molecule has 1 aliphatic heterocycles. The Balaban J connectivity index is 1.90. The smallest absolute Gasteiger partial charge is 0.171 e. The molecular formula is C14H19N5. The maximum atomic E-state index is 4.28. The summed E-state index contributed by atoms with van der Waals surface area (Å²) in [7, 11) is 0. The third kappa shape index (κ3) is 2.26. The lowest BCUT2D eigenvalue weighted by atomic mass is 9.93. The average Bonchev–Trinajstić information content (AvgIpc) is 3.09. The molecule has 0 spiro atoms. The predicted molar refractivity (Wildman–Crippen MR) is 72.6 cm³/mol. The highest BCUT2D eigenvalue weighted by Crippen LogP contribution is 2.32. The molecule has 3 rings (SSSR count). The molecule has 1 aromatic carbocycles. The first-order valence-electron chi connectivity index (χ1n) is 6.90. The quantitative estimate of drug-likeness (QED) is 0.906. The van der Waals surface area contributed by atoms with Crippen molar-refractivity contribution in [1.82, 2.24) is 25.5 Å². The van der Waals surface area contributed by atoms with Crippen molar-refractivity contribution in [3.05, 3.63) is 41.7 Å². The van der Waals surface area contributed by atoms with E-state index in [1.54, 1.807) is 0 Å². The number of hydrogen-bond donors (Lipinski definition) is 1. The topological polar surface area (TPSA) is 55.6 Å². The standard InChI is InChI=1S/C14H19N5/c1-2-14(9-6-10-15-14)13-16-17-18-19(13)11-12-7-4-3-5-8-12/h3-5,7-8,15H,2,6,9-11H2,1H3. The molecule has 0 radical (unpaired) electrons. The molecule has 1 N–H and O–H groups in total. The van der Waals surface area contributed by atoms with Crippen molar-refractivity contribution in [3.8, 4) is 0 Å². The van der Waals surface area contributed by atoms with Crippen LogP contribution in [0, 0.1) is 0 Å². The van der Waals surface area contributed by atoms with E-state index in [1.807, 2.05) is 22.9 Å². The predicted octanol–water partition coefficient (Wildman–Crippen LogP) is 1.71. The van der Waals surface area contributed by atoms with Crippen molar-refractivity contribution in [2.24, 2.45) is 0 Å². The van der Waals surface area contributed by atoms with Gasteiger partial charge in [-0.3, -0.25) is 0 Å². The van der Waals surface area contributed by atoms with Crippen LogP contribution in [0.1, 0.15) is 37.6 Å². The fourth-order valence-corrected chi connectivity index (χ4v) is 2.87. The molecule has 1 atom stereocenters. The third-order valence-corrected chi connectivity index (χ3v) is 3.98. The summed E-state index contributed by atoms with van der Waals surface area (Å²) in [6.45, 7) is 3.97. The highest BCUT2D eigenvalue weighted by molar-refractivity contribution is 5.16. The van der Waals surface area contributed by atoms with Crippen molar-refractivity contribution in [2.45, 2.75) is 38.3 Å². The van der Waals surface area contributed by atoms with Crippen molar-refractivity contribution >= 4 is 0 Å². The summed E-state index contributed by atoms with van der Waals surface area (Å²) in [4.78, 5) is 0. The first kappa shape index (κ1) is 12.3. The first-order valence-corrected chi connectivity index (χ1v) is 6.90. The van der Waals surface area contributed by atoms with Gasteiger partial charge in [0, 0.05) is 0 Å². The molecule has 1 aliphatic rings. The van der Waals surface area contributed by atoms with Crippen LogP contribution >= 0.6 is 0 Å². The Morgan fingerprint density at radius 3 is 2.84 bits per heavy atom. The number of rotatable bonds is 4. The SMILES string of the molecule is CCC1(c2nnnn2Cc2ccccc2)CCCN1. The second-order valence-corrected chi connectivity index (χ2v) is 5.11. The monoisotopic (exact) mass is 257 g/mol. The zero-order chi connectivity index (χ0) is 13.1. The van der Waals surface area contributed by atoms with Crippen LogP contribution in [-0.4, -0.2) is 26.8 Å². The van der Waals surface area contributed by atoms with Gasteiger partial charge in [-0.1, -0.05) is 37.3 Å². The third-order valence-electron chi connectivity index (χ3n) is 3.98. The zero-order valence-corrected chi connectivity index (χ0v) is 11.2. The van der Waals surface area contributed by atoms with E-state index < -0.39 is 0 Å². The Morgan fingerprint density at radius 1 is 1.32 bits per heavy atom. The Labute approximate surface area is 113 Å². The van der Waals surface area contributed by atoms with Crippen LogP contribution in [0.3, 0.4) is 0 Å². The maximum Gasteiger partial charge on any atom is 0.171 e. The largest absolute Gasteiger partial charge is 0.305 e. The maximum absolute atomic E-state index is 4.28. The average molecular weight is 257 g/mol. The summed E-state index contributed by atoms with van der Waals surface area (Å²) >= 11 is 0. The van der Waals surface area contributed by atoms with E-state index in [-0.39, 0.29) is 5.54 Å². The summed E-state index contributed by atoms with van der Waals surface area (Å²) in [6.07, 6.45) is 3.31. The number of nitrogens with zero attached hydrogens (tertiary/aromatic N) is 4. The molecule has 1 aromatic heterocycles. The molecule has 5 heteroatoms. The van der Waals surface area contributed by atoms with Crippen LogP contribution < -0.4 is 5.32 Å². The van der Waals surface area contributed by atoms with Crippen LogP contribution in [0.5, 0.6) is 0 Å². The second-order valence-electron chi connectivity index (χ2n) is 5.11. The fourth-order valence-electron chi connectivity index (χ4n) is 2.87. The van der Waals surface area contributed by atoms with Crippen molar-refractivity contribution in [3.63, 3.8) is 0 Å². The van der Waals surface area contributed by atoms with E-state index in [0.29, 0.717) is 0 Å². The second kappa shape index (κ2) is 5.09. The van der Waals surface area contributed by atoms with Gasteiger partial charge in [0.05, 0.1) is 12.1 Å². The normalized spacial score (nSPS) is 22.8. The molecule has 2 heterocycles. The van der Waals surface area contributed by atoms with E-state index in [2.05, 4.69) is 39.9 Å². The first-order chi connectivity index (χ1) is 9.34. The van der Waals surface area contributed by atoms with E-state index in [1.165, 1.54) is 12.0 Å². The van der Waals surface area contributed by atoms with Crippen molar-refractivity contribution < 1.29 is 0 Å². The summed E-state index contributed by atoms with van der Waals surface area (Å²) < 4.78 is 1.93. The van der Waals surface area contributed by atoms with Gasteiger partial charge in [-0.2, -0.15) is 0 Å². The molecule has 1 unspecified atom stereocenters. The van der Waals surface area contributed by atoms with Crippen molar-refractivity contribution in [2.75, 3.05) is 6.54 Å². The highest BCUT2D eigenvalue weighted by atomic mass is 15.5. The van der Waals surface area contributed by atoms with Gasteiger partial charge in [-0.15, -0.1) is 5.10 Å². The van der Waals surface area contributed by atoms with Crippen molar-refractivity contribution in [1.29, 1.82) is 0 Å². The molecule has 0 amide bonds. The number of nitrogens with one attached hydrogen (secondary N) is 1. The molecule has 2 aromatic rings. The van der Waals surface area contributed by atoms with Gasteiger partial charge in [0.1, 0.15) is 0 Å². The Kier molecular flexibility index (Phi) is 3.29. The Hall–Kier alpha value is -1.75. The summed E-state index contributed by atoms with van der Waals surface area (Å²) in [5, 5.41) is 15.9. The number of benzene rings is 1. The number of aromatic nitrogens is 4. The van der Waals surface area contributed by atoms with Crippen LogP contribution in [-0.2, 0) is 12.1 Å². The minimum Gasteiger partial charge on any atom is -0.305 e. The van der Waals surface area contributed by atoms with E-state index >= 15 is 0 Å². The number of tetrazole rings is 1. The van der Waals surface area contributed by atoms with Crippen LogP contribution in [0.2, 0.25) is 0 Å². The van der Waals surface area contributed by atoms with Gasteiger partial charge in [-0.25, -0.2) is 4.68 Å². The van der Waals surface area contributed by atoms with E-state index in [4.69, 9.17) is 0 Å². The molecule has 5 nitrogen and oxygen atoms in total. The van der Waals surface area contributed by atoms with E-state index in [0.717, 1.165) is 31.8 Å². The van der Waals surface area contributed by atoms with Gasteiger partial charge in [0.2, 0.25) is 0 Å². The van der Waals surface area contributed by atoms with Gasteiger partial charge in [-0.05, 0) is 41.8 Å². The van der Waals surface area contributed by atoms with E-state index in [9.17, 15) is 0 Å². The van der Waals surface area contributed by atoms with Gasteiger partial charge in [0.15, 0.2) is 5.82 Å². The summed E-state index contributed by atoms with van der Waals surface area (Å²) in [5.74, 6) is 0.969. The number of hydrogen-bond acceptors (Lipinski definition) is 4. The molecule has 0 aliphatic carbocycles. The molecule has 1 saturated heterocycles. The lowest BCUT2D eigenvalue weighted by Crippen LogP contribution is -2.39. The minimum absolute atomic E-state index is 0.0434. The molecule has 19 heavy (non-hydrogen) atoms. The van der Waals surface area contributed by atoms with Crippen LogP contribution in [0.25, 0.3) is 0 Å². The summed E-state index contributed by atoms with van der Waals surface area (Å²) in [5.41, 5.74) is 1.18. The highest BCUT2D eigenvalue weighted by Gasteiger charge is 2.38. The summed E-state index contributed by atoms with van der Waals surface area (Å²) in [6, 6.07) is 10.3. The molecule has 0 saturated carbocycles.